The Kier molecular flexibility index (Phi) is 4.97. The molecule has 0 fully saturated rings. The van der Waals surface area contributed by atoms with E-state index in [0.29, 0.717) is 6.61 Å². The van der Waals surface area contributed by atoms with Gasteiger partial charge >= 0.3 is 0 Å². The molecule has 0 aliphatic carbocycles. The van der Waals surface area contributed by atoms with Crippen molar-refractivity contribution in [2.75, 3.05) is 0 Å². The van der Waals surface area contributed by atoms with Crippen molar-refractivity contribution in [3.8, 4) is 5.75 Å². The average Bonchev–Trinajstić information content (AvgIpc) is 2.44. The number of benzene rings is 2. The van der Waals surface area contributed by atoms with E-state index in [-0.39, 0.29) is 17.1 Å². The summed E-state index contributed by atoms with van der Waals surface area (Å²) in [5.74, 6) is -0.0428. The Morgan fingerprint density at radius 3 is 2.43 bits per heavy atom. The van der Waals surface area contributed by atoms with Crippen molar-refractivity contribution in [3.63, 3.8) is 0 Å². The Morgan fingerprint density at radius 1 is 1.00 bits per heavy atom. The lowest BCUT2D eigenvalue weighted by Gasteiger charge is -2.20. The van der Waals surface area contributed by atoms with E-state index in [2.05, 4.69) is 38.2 Å². The summed E-state index contributed by atoms with van der Waals surface area (Å²) in [6, 6.07) is 14.6. The van der Waals surface area contributed by atoms with Gasteiger partial charge < -0.3 is 10.1 Å². The molecule has 21 heavy (non-hydrogen) atoms. The molecule has 0 radical (unpaired) electrons. The van der Waals surface area contributed by atoms with Gasteiger partial charge in [-0.05, 0) is 44.0 Å². The van der Waals surface area contributed by atoms with Gasteiger partial charge in [0.1, 0.15) is 6.61 Å². The van der Waals surface area contributed by atoms with Crippen LogP contribution in [0.15, 0.2) is 48.5 Å². The van der Waals surface area contributed by atoms with Gasteiger partial charge in [-0.2, -0.15) is 0 Å². The van der Waals surface area contributed by atoms with Gasteiger partial charge in [0, 0.05) is 12.1 Å². The fourth-order valence-corrected chi connectivity index (χ4v) is 1.92. The first kappa shape index (κ1) is 15.5. The molecular weight excluding hydrogens is 265 g/mol. The molecule has 0 unspecified atom stereocenters. The van der Waals surface area contributed by atoms with E-state index in [1.165, 1.54) is 11.6 Å². The van der Waals surface area contributed by atoms with E-state index in [9.17, 15) is 4.39 Å². The maximum atomic E-state index is 13.5. The van der Waals surface area contributed by atoms with Gasteiger partial charge in [0.2, 0.25) is 0 Å². The molecule has 2 aromatic rings. The summed E-state index contributed by atoms with van der Waals surface area (Å²) >= 11 is 0. The lowest BCUT2D eigenvalue weighted by Crippen LogP contribution is -2.35. The molecule has 3 heteroatoms. The first-order valence-electron chi connectivity index (χ1n) is 7.14. The van der Waals surface area contributed by atoms with Gasteiger partial charge in [-0.3, -0.25) is 0 Å². The molecule has 0 aliphatic heterocycles. The molecule has 0 bridgehead atoms. The Hall–Kier alpha value is -1.87. The molecule has 0 spiro atoms. The SMILES string of the molecule is CC(C)(C)NCc1cccc(COc2ccccc2F)c1. The molecular formula is C18H22FNO. The predicted octanol–water partition coefficient (Wildman–Crippen LogP) is 4.29. The first-order chi connectivity index (χ1) is 9.94. The van der Waals surface area contributed by atoms with Crippen LogP contribution in [0.1, 0.15) is 31.9 Å². The fraction of sp³-hybridized carbons (Fsp3) is 0.333. The van der Waals surface area contributed by atoms with Crippen molar-refractivity contribution >= 4 is 0 Å². The molecule has 2 nitrogen and oxygen atoms in total. The van der Waals surface area contributed by atoms with Crippen LogP contribution in [-0.2, 0) is 13.2 Å². The Labute approximate surface area is 126 Å². The molecule has 2 aromatic carbocycles. The van der Waals surface area contributed by atoms with Gasteiger partial charge in [-0.15, -0.1) is 0 Å². The van der Waals surface area contributed by atoms with Crippen LogP contribution in [0, 0.1) is 5.82 Å². The van der Waals surface area contributed by atoms with Crippen molar-refractivity contribution in [3.05, 3.63) is 65.5 Å². The van der Waals surface area contributed by atoms with E-state index in [0.717, 1.165) is 12.1 Å². The second-order valence-electron chi connectivity index (χ2n) is 6.14. The number of rotatable bonds is 5. The van der Waals surface area contributed by atoms with E-state index in [1.54, 1.807) is 18.2 Å². The largest absolute Gasteiger partial charge is 0.486 e. The highest BCUT2D eigenvalue weighted by Crippen LogP contribution is 2.17. The third kappa shape index (κ3) is 5.20. The molecule has 0 saturated carbocycles. The van der Waals surface area contributed by atoms with Crippen LogP contribution in [0.5, 0.6) is 5.75 Å². The zero-order chi connectivity index (χ0) is 15.3. The molecule has 0 heterocycles. The highest BCUT2D eigenvalue weighted by atomic mass is 19.1. The summed E-state index contributed by atoms with van der Waals surface area (Å²) in [4.78, 5) is 0. The molecule has 0 aliphatic rings. The molecule has 2 rings (SSSR count). The van der Waals surface area contributed by atoms with Crippen molar-refractivity contribution < 1.29 is 9.13 Å². The Bertz CT molecular complexity index is 590. The van der Waals surface area contributed by atoms with Crippen LogP contribution in [0.3, 0.4) is 0 Å². The van der Waals surface area contributed by atoms with Crippen LogP contribution < -0.4 is 10.1 Å². The molecule has 0 saturated heterocycles. The third-order valence-corrected chi connectivity index (χ3v) is 3.05. The monoisotopic (exact) mass is 287 g/mol. The summed E-state index contributed by atoms with van der Waals surface area (Å²) < 4.78 is 19.0. The van der Waals surface area contributed by atoms with Gasteiger partial charge in [0.25, 0.3) is 0 Å². The van der Waals surface area contributed by atoms with Crippen molar-refractivity contribution in [1.82, 2.24) is 5.32 Å². The number of para-hydroxylation sites is 1. The number of ether oxygens (including phenoxy) is 1. The summed E-state index contributed by atoms with van der Waals surface area (Å²) in [7, 11) is 0. The minimum atomic E-state index is -0.331. The number of halogens is 1. The number of nitrogens with one attached hydrogen (secondary N) is 1. The smallest absolute Gasteiger partial charge is 0.165 e. The number of hydrogen-bond donors (Lipinski definition) is 1. The quantitative estimate of drug-likeness (QED) is 0.885. The summed E-state index contributed by atoms with van der Waals surface area (Å²) in [6.45, 7) is 7.58. The van der Waals surface area contributed by atoms with Gasteiger partial charge in [0.05, 0.1) is 0 Å². The third-order valence-electron chi connectivity index (χ3n) is 3.05. The van der Waals surface area contributed by atoms with Crippen LogP contribution in [0.4, 0.5) is 4.39 Å². The topological polar surface area (TPSA) is 21.3 Å². The molecule has 112 valence electrons. The molecule has 0 amide bonds. The van der Waals surface area contributed by atoms with Crippen molar-refractivity contribution in [1.29, 1.82) is 0 Å². The molecule has 0 atom stereocenters. The zero-order valence-corrected chi connectivity index (χ0v) is 12.8. The standard InChI is InChI=1S/C18H22FNO/c1-18(2,3)20-12-14-7-6-8-15(11-14)13-21-17-10-5-4-9-16(17)19/h4-11,20H,12-13H2,1-3H3. The van der Waals surface area contributed by atoms with Gasteiger partial charge in [-0.25, -0.2) is 4.39 Å². The molecule has 0 aromatic heterocycles. The predicted molar refractivity (Wildman–Crippen MR) is 83.8 cm³/mol. The normalized spacial score (nSPS) is 11.4. The second-order valence-corrected chi connectivity index (χ2v) is 6.14. The fourth-order valence-electron chi connectivity index (χ4n) is 1.92. The Balaban J connectivity index is 1.96. The van der Waals surface area contributed by atoms with E-state index >= 15 is 0 Å². The maximum Gasteiger partial charge on any atom is 0.165 e. The van der Waals surface area contributed by atoms with Gasteiger partial charge in [0.15, 0.2) is 11.6 Å². The van der Waals surface area contributed by atoms with Crippen LogP contribution in [0.2, 0.25) is 0 Å². The van der Waals surface area contributed by atoms with Crippen LogP contribution in [-0.4, -0.2) is 5.54 Å². The second kappa shape index (κ2) is 6.72. The summed E-state index contributed by atoms with van der Waals surface area (Å²) in [5, 5.41) is 3.45. The minimum absolute atomic E-state index is 0.0830. The van der Waals surface area contributed by atoms with E-state index in [4.69, 9.17) is 4.74 Å². The van der Waals surface area contributed by atoms with Crippen molar-refractivity contribution in [2.45, 2.75) is 39.5 Å². The summed E-state index contributed by atoms with van der Waals surface area (Å²) in [5.41, 5.74) is 2.31. The first-order valence-corrected chi connectivity index (χ1v) is 7.14. The summed E-state index contributed by atoms with van der Waals surface area (Å²) in [6.07, 6.45) is 0. The van der Waals surface area contributed by atoms with E-state index < -0.39 is 0 Å². The van der Waals surface area contributed by atoms with Crippen LogP contribution >= 0.6 is 0 Å². The Morgan fingerprint density at radius 2 is 1.71 bits per heavy atom. The molecule has 1 N–H and O–H groups in total. The minimum Gasteiger partial charge on any atom is -0.486 e. The highest BCUT2D eigenvalue weighted by molar-refractivity contribution is 5.26. The lowest BCUT2D eigenvalue weighted by atomic mass is 10.1. The van der Waals surface area contributed by atoms with Crippen LogP contribution in [0.25, 0.3) is 0 Å². The maximum absolute atomic E-state index is 13.5. The average molecular weight is 287 g/mol. The van der Waals surface area contributed by atoms with Crippen molar-refractivity contribution in [2.24, 2.45) is 0 Å². The number of hydrogen-bond acceptors (Lipinski definition) is 2. The highest BCUT2D eigenvalue weighted by Gasteiger charge is 2.08. The zero-order valence-electron chi connectivity index (χ0n) is 12.8. The van der Waals surface area contributed by atoms with E-state index in [1.807, 2.05) is 12.1 Å². The van der Waals surface area contributed by atoms with Gasteiger partial charge in [-0.1, -0.05) is 36.4 Å². The lowest BCUT2D eigenvalue weighted by molar-refractivity contribution is 0.290.